The Morgan fingerprint density at radius 2 is 2.04 bits per heavy atom. The molecule has 4 heteroatoms. The molecule has 2 heterocycles. The van der Waals surface area contributed by atoms with Crippen molar-refractivity contribution in [3.8, 4) is 0 Å². The number of hydrogen-bond acceptors (Lipinski definition) is 3. The van der Waals surface area contributed by atoms with Gasteiger partial charge < -0.3 is 10.2 Å². The summed E-state index contributed by atoms with van der Waals surface area (Å²) in [6.07, 6.45) is 6.28. The molecule has 0 spiro atoms. The fourth-order valence-electron chi connectivity index (χ4n) is 3.42. The van der Waals surface area contributed by atoms with Crippen LogP contribution in [0, 0.1) is 12.7 Å². The van der Waals surface area contributed by atoms with Gasteiger partial charge in [-0.3, -0.25) is 4.98 Å². The van der Waals surface area contributed by atoms with E-state index in [1.807, 2.05) is 31.3 Å². The molecule has 24 heavy (non-hydrogen) atoms. The molecule has 1 aliphatic heterocycles. The Bertz CT molecular complexity index is 637. The van der Waals surface area contributed by atoms with E-state index in [4.69, 9.17) is 0 Å². The summed E-state index contributed by atoms with van der Waals surface area (Å²) in [4.78, 5) is 6.74. The molecule has 2 aromatic rings. The maximum absolute atomic E-state index is 13.2. The predicted octanol–water partition coefficient (Wildman–Crippen LogP) is 3.72. The van der Waals surface area contributed by atoms with Crippen molar-refractivity contribution in [2.75, 3.05) is 24.5 Å². The van der Waals surface area contributed by atoms with Gasteiger partial charge in [-0.05, 0) is 75.0 Å². The zero-order valence-electron chi connectivity index (χ0n) is 14.3. The van der Waals surface area contributed by atoms with Gasteiger partial charge in [0.25, 0.3) is 0 Å². The van der Waals surface area contributed by atoms with Gasteiger partial charge in [0.05, 0.1) is 0 Å². The summed E-state index contributed by atoms with van der Waals surface area (Å²) in [5.41, 5.74) is 3.36. The fraction of sp³-hybridized carbons (Fsp3) is 0.450. The molecule has 1 N–H and O–H groups in total. The Labute approximate surface area is 143 Å². The van der Waals surface area contributed by atoms with Crippen LogP contribution in [0.25, 0.3) is 0 Å². The van der Waals surface area contributed by atoms with Crippen molar-refractivity contribution in [1.29, 1.82) is 0 Å². The van der Waals surface area contributed by atoms with Crippen LogP contribution in [0.1, 0.15) is 30.5 Å². The average molecular weight is 327 g/mol. The van der Waals surface area contributed by atoms with E-state index in [0.717, 1.165) is 50.9 Å². The SMILES string of the molecule is Cc1cc(F)ccc1N1CCC(NCCCc2ccccn2)CC1. The number of aryl methyl sites for hydroxylation is 2. The molecule has 0 unspecified atom stereocenters. The minimum atomic E-state index is -0.152. The Morgan fingerprint density at radius 3 is 2.75 bits per heavy atom. The number of pyridine rings is 1. The van der Waals surface area contributed by atoms with Crippen LogP contribution in [0.3, 0.4) is 0 Å². The molecule has 1 aromatic heterocycles. The van der Waals surface area contributed by atoms with Crippen LogP contribution in [-0.4, -0.2) is 30.7 Å². The summed E-state index contributed by atoms with van der Waals surface area (Å²) in [5, 5.41) is 3.67. The molecular formula is C20H26FN3. The summed E-state index contributed by atoms with van der Waals surface area (Å²) in [6, 6.07) is 11.8. The first kappa shape index (κ1) is 16.9. The number of hydrogen-bond donors (Lipinski definition) is 1. The lowest BCUT2D eigenvalue weighted by Gasteiger charge is -2.35. The molecule has 0 aliphatic carbocycles. The van der Waals surface area contributed by atoms with E-state index in [2.05, 4.69) is 21.3 Å². The Balaban J connectivity index is 1.39. The van der Waals surface area contributed by atoms with Crippen LogP contribution >= 0.6 is 0 Å². The molecule has 1 fully saturated rings. The second-order valence-electron chi connectivity index (χ2n) is 6.57. The van der Waals surface area contributed by atoms with Gasteiger partial charge >= 0.3 is 0 Å². The summed E-state index contributed by atoms with van der Waals surface area (Å²) >= 11 is 0. The first-order valence-electron chi connectivity index (χ1n) is 8.87. The highest BCUT2D eigenvalue weighted by Gasteiger charge is 2.19. The third-order valence-electron chi connectivity index (χ3n) is 4.76. The highest BCUT2D eigenvalue weighted by atomic mass is 19.1. The lowest BCUT2D eigenvalue weighted by molar-refractivity contribution is 0.412. The van der Waals surface area contributed by atoms with Gasteiger partial charge in [0.1, 0.15) is 5.82 Å². The highest BCUT2D eigenvalue weighted by Crippen LogP contribution is 2.24. The third-order valence-corrected chi connectivity index (χ3v) is 4.76. The van der Waals surface area contributed by atoms with Gasteiger partial charge in [-0.25, -0.2) is 4.39 Å². The van der Waals surface area contributed by atoms with E-state index >= 15 is 0 Å². The number of aromatic nitrogens is 1. The summed E-state index contributed by atoms with van der Waals surface area (Å²) < 4.78 is 13.2. The zero-order valence-corrected chi connectivity index (χ0v) is 14.3. The van der Waals surface area contributed by atoms with Crippen molar-refractivity contribution in [2.45, 2.75) is 38.6 Å². The number of rotatable bonds is 6. The molecule has 0 radical (unpaired) electrons. The fourth-order valence-corrected chi connectivity index (χ4v) is 3.42. The topological polar surface area (TPSA) is 28.2 Å². The average Bonchev–Trinajstić information content (AvgIpc) is 2.60. The van der Waals surface area contributed by atoms with Gasteiger partial charge in [-0.15, -0.1) is 0 Å². The van der Waals surface area contributed by atoms with E-state index < -0.39 is 0 Å². The predicted molar refractivity (Wildman–Crippen MR) is 96.9 cm³/mol. The van der Waals surface area contributed by atoms with Crippen molar-refractivity contribution >= 4 is 5.69 Å². The number of nitrogens with one attached hydrogen (secondary N) is 1. The smallest absolute Gasteiger partial charge is 0.123 e. The minimum absolute atomic E-state index is 0.152. The van der Waals surface area contributed by atoms with Crippen LogP contribution in [0.5, 0.6) is 0 Å². The number of halogens is 1. The van der Waals surface area contributed by atoms with Crippen molar-refractivity contribution in [1.82, 2.24) is 10.3 Å². The van der Waals surface area contributed by atoms with Crippen molar-refractivity contribution < 1.29 is 4.39 Å². The first-order valence-corrected chi connectivity index (χ1v) is 8.87. The van der Waals surface area contributed by atoms with Crippen LogP contribution < -0.4 is 10.2 Å². The highest BCUT2D eigenvalue weighted by molar-refractivity contribution is 5.53. The molecule has 3 rings (SSSR count). The Kier molecular flexibility index (Phi) is 5.81. The quantitative estimate of drug-likeness (QED) is 0.820. The number of nitrogens with zero attached hydrogens (tertiary/aromatic N) is 2. The molecule has 3 nitrogen and oxygen atoms in total. The number of benzene rings is 1. The van der Waals surface area contributed by atoms with Crippen molar-refractivity contribution in [2.24, 2.45) is 0 Å². The Hall–Kier alpha value is -1.94. The van der Waals surface area contributed by atoms with Gasteiger partial charge in [0, 0.05) is 36.7 Å². The van der Waals surface area contributed by atoms with E-state index in [-0.39, 0.29) is 5.82 Å². The molecule has 128 valence electrons. The normalized spacial score (nSPS) is 15.7. The van der Waals surface area contributed by atoms with E-state index in [0.29, 0.717) is 6.04 Å². The summed E-state index contributed by atoms with van der Waals surface area (Å²) in [7, 11) is 0. The summed E-state index contributed by atoms with van der Waals surface area (Å²) in [5.74, 6) is -0.152. The first-order chi connectivity index (χ1) is 11.7. The van der Waals surface area contributed by atoms with Crippen LogP contribution in [0.15, 0.2) is 42.6 Å². The molecular weight excluding hydrogens is 301 g/mol. The molecule has 0 saturated carbocycles. The largest absolute Gasteiger partial charge is 0.371 e. The Morgan fingerprint density at radius 1 is 1.21 bits per heavy atom. The molecule has 0 atom stereocenters. The maximum atomic E-state index is 13.2. The second kappa shape index (κ2) is 8.25. The second-order valence-corrected chi connectivity index (χ2v) is 6.57. The monoisotopic (exact) mass is 327 g/mol. The van der Waals surface area contributed by atoms with Crippen LogP contribution in [0.4, 0.5) is 10.1 Å². The molecule has 0 amide bonds. The van der Waals surface area contributed by atoms with Crippen LogP contribution in [-0.2, 0) is 6.42 Å². The minimum Gasteiger partial charge on any atom is -0.371 e. The van der Waals surface area contributed by atoms with Gasteiger partial charge in [-0.2, -0.15) is 0 Å². The van der Waals surface area contributed by atoms with Crippen molar-refractivity contribution in [3.05, 3.63) is 59.7 Å². The molecule has 0 bridgehead atoms. The lowest BCUT2D eigenvalue weighted by atomic mass is 10.0. The lowest BCUT2D eigenvalue weighted by Crippen LogP contribution is -2.43. The molecule has 1 saturated heterocycles. The number of piperidine rings is 1. The van der Waals surface area contributed by atoms with Crippen LogP contribution in [0.2, 0.25) is 0 Å². The van der Waals surface area contributed by atoms with Gasteiger partial charge in [-0.1, -0.05) is 6.07 Å². The third kappa shape index (κ3) is 4.54. The van der Waals surface area contributed by atoms with E-state index in [1.165, 1.54) is 11.4 Å². The van der Waals surface area contributed by atoms with Gasteiger partial charge in [0.2, 0.25) is 0 Å². The van der Waals surface area contributed by atoms with E-state index in [1.54, 1.807) is 12.1 Å². The molecule has 1 aliphatic rings. The zero-order chi connectivity index (χ0) is 16.8. The standard InChI is InChI=1S/C20H26FN3/c1-16-15-17(21)7-8-20(16)24-13-9-19(10-14-24)23-12-4-6-18-5-2-3-11-22-18/h2-3,5,7-8,11,15,19,23H,4,6,9-10,12-14H2,1H3. The van der Waals surface area contributed by atoms with E-state index in [9.17, 15) is 4.39 Å². The van der Waals surface area contributed by atoms with Crippen molar-refractivity contribution in [3.63, 3.8) is 0 Å². The summed E-state index contributed by atoms with van der Waals surface area (Å²) in [6.45, 7) is 5.09. The number of anilines is 1. The maximum Gasteiger partial charge on any atom is 0.123 e. The molecule has 1 aromatic carbocycles. The van der Waals surface area contributed by atoms with Gasteiger partial charge in [0.15, 0.2) is 0 Å².